The highest BCUT2D eigenvalue weighted by Crippen LogP contribution is 2.31. The van der Waals surface area contributed by atoms with Crippen molar-refractivity contribution in [3.63, 3.8) is 0 Å². The van der Waals surface area contributed by atoms with Gasteiger partial charge in [0.25, 0.3) is 5.91 Å². The van der Waals surface area contributed by atoms with E-state index in [-0.39, 0.29) is 27.9 Å². The molecule has 1 fully saturated rings. The molecule has 3 aromatic rings. The molecule has 1 atom stereocenters. The van der Waals surface area contributed by atoms with E-state index in [1.165, 1.54) is 19.2 Å². The molecule has 0 aliphatic heterocycles. The van der Waals surface area contributed by atoms with Crippen LogP contribution in [0.25, 0.3) is 11.1 Å². The van der Waals surface area contributed by atoms with Gasteiger partial charge in [-0.15, -0.1) is 0 Å². The second-order valence-electron chi connectivity index (χ2n) is 9.57. The fourth-order valence-electron chi connectivity index (χ4n) is 4.93. The van der Waals surface area contributed by atoms with Crippen molar-refractivity contribution in [2.75, 3.05) is 12.4 Å². The van der Waals surface area contributed by atoms with E-state index in [1.54, 1.807) is 18.2 Å². The summed E-state index contributed by atoms with van der Waals surface area (Å²) < 4.78 is 5.01. The lowest BCUT2D eigenvalue weighted by Gasteiger charge is -2.29. The number of carbonyl (C=O) groups is 3. The Morgan fingerprint density at radius 1 is 0.897 bits per heavy atom. The van der Waals surface area contributed by atoms with Crippen molar-refractivity contribution >= 4 is 58.3 Å². The number of esters is 1. The predicted octanol–water partition coefficient (Wildman–Crippen LogP) is 7.35. The monoisotopic (exact) mass is 586 g/mol. The number of methoxy groups -OCH3 is 1. The molecule has 9 heteroatoms. The van der Waals surface area contributed by atoms with E-state index in [9.17, 15) is 14.4 Å². The summed E-state index contributed by atoms with van der Waals surface area (Å²) in [5.41, 5.74) is 2.67. The highest BCUT2D eigenvalue weighted by Gasteiger charge is 2.32. The zero-order valence-electron chi connectivity index (χ0n) is 21.4. The molecule has 0 heterocycles. The quantitative estimate of drug-likeness (QED) is 0.270. The predicted molar refractivity (Wildman–Crippen MR) is 156 cm³/mol. The number of benzene rings is 3. The number of amides is 2. The standard InChI is InChI=1S/C30H29Cl3N2O4/c1-39-30(38)28(19-10-6-3-7-11-19)35-29(37)22-13-12-20(18-8-4-2-5-9-18)14-26(22)34-27(36)17-23-24(32)15-21(31)16-25(23)33/h2,4-5,8-9,12-16,19,28H,3,6-7,10-11,17H2,1H3,(H,34,36)(H,35,37)/t28-/m0/s1. The van der Waals surface area contributed by atoms with Gasteiger partial charge < -0.3 is 15.4 Å². The van der Waals surface area contributed by atoms with Crippen molar-refractivity contribution in [3.05, 3.63) is 86.9 Å². The van der Waals surface area contributed by atoms with Crippen molar-refractivity contribution in [2.45, 2.75) is 44.6 Å². The second kappa shape index (κ2) is 13.3. The van der Waals surface area contributed by atoms with Crippen molar-refractivity contribution < 1.29 is 19.1 Å². The minimum absolute atomic E-state index is 0.00836. The maximum Gasteiger partial charge on any atom is 0.328 e. The second-order valence-corrected chi connectivity index (χ2v) is 10.8. The normalized spacial score (nSPS) is 14.4. The van der Waals surface area contributed by atoms with Gasteiger partial charge in [-0.05, 0) is 59.7 Å². The summed E-state index contributed by atoms with van der Waals surface area (Å²) in [7, 11) is 1.32. The Labute approximate surface area is 243 Å². The van der Waals surface area contributed by atoms with E-state index in [0.29, 0.717) is 16.3 Å². The van der Waals surface area contributed by atoms with Crippen molar-refractivity contribution in [1.29, 1.82) is 0 Å². The van der Waals surface area contributed by atoms with Crippen LogP contribution in [0, 0.1) is 5.92 Å². The van der Waals surface area contributed by atoms with Crippen LogP contribution in [-0.2, 0) is 20.7 Å². The van der Waals surface area contributed by atoms with E-state index in [4.69, 9.17) is 39.5 Å². The van der Waals surface area contributed by atoms with E-state index in [1.807, 2.05) is 30.3 Å². The molecule has 204 valence electrons. The average Bonchev–Trinajstić information content (AvgIpc) is 2.94. The van der Waals surface area contributed by atoms with E-state index in [0.717, 1.165) is 43.2 Å². The molecule has 0 radical (unpaired) electrons. The SMILES string of the molecule is COC(=O)[C@@H](NC(=O)c1ccc(-c2ccccc2)cc1NC(=O)Cc1c(Cl)cc(Cl)cc1Cl)C1CCCCC1. The molecule has 1 aliphatic carbocycles. The van der Waals surface area contributed by atoms with Gasteiger partial charge in [-0.1, -0.05) is 90.5 Å². The van der Waals surface area contributed by atoms with E-state index in [2.05, 4.69) is 10.6 Å². The lowest BCUT2D eigenvalue weighted by Crippen LogP contribution is -2.47. The number of ether oxygens (including phenoxy) is 1. The Hall–Kier alpha value is -3.06. The molecular formula is C30H29Cl3N2O4. The fourth-order valence-corrected chi connectivity index (χ4v) is 5.89. The first kappa shape index (κ1) is 28.9. The summed E-state index contributed by atoms with van der Waals surface area (Å²) in [6.07, 6.45) is 4.64. The van der Waals surface area contributed by atoms with Crippen molar-refractivity contribution in [2.24, 2.45) is 5.92 Å². The number of hydrogen-bond acceptors (Lipinski definition) is 4. The largest absolute Gasteiger partial charge is 0.467 e. The molecule has 0 aromatic heterocycles. The molecule has 0 saturated heterocycles. The number of anilines is 1. The maximum absolute atomic E-state index is 13.5. The van der Waals surface area contributed by atoms with Crippen LogP contribution in [0.15, 0.2) is 60.7 Å². The average molecular weight is 588 g/mol. The molecule has 2 amide bonds. The Morgan fingerprint density at radius 3 is 2.21 bits per heavy atom. The van der Waals surface area contributed by atoms with Gasteiger partial charge in [0.1, 0.15) is 6.04 Å². The van der Waals surface area contributed by atoms with Crippen LogP contribution in [0.5, 0.6) is 0 Å². The first-order chi connectivity index (χ1) is 18.8. The van der Waals surface area contributed by atoms with Gasteiger partial charge in [-0.3, -0.25) is 9.59 Å². The van der Waals surface area contributed by atoms with Crippen LogP contribution in [0.4, 0.5) is 5.69 Å². The Kier molecular flexibility index (Phi) is 9.89. The van der Waals surface area contributed by atoms with E-state index >= 15 is 0 Å². The third-order valence-corrected chi connectivity index (χ3v) is 7.84. The summed E-state index contributed by atoms with van der Waals surface area (Å²) in [6, 6.07) is 17.0. The fraction of sp³-hybridized carbons (Fsp3) is 0.300. The molecule has 0 unspecified atom stereocenters. The number of nitrogens with one attached hydrogen (secondary N) is 2. The molecule has 0 bridgehead atoms. The van der Waals surface area contributed by atoms with Gasteiger partial charge >= 0.3 is 5.97 Å². The van der Waals surface area contributed by atoms with Crippen LogP contribution in [0.1, 0.15) is 48.0 Å². The molecule has 6 nitrogen and oxygen atoms in total. The maximum atomic E-state index is 13.5. The highest BCUT2D eigenvalue weighted by molar-refractivity contribution is 6.39. The van der Waals surface area contributed by atoms with Gasteiger partial charge in [0, 0.05) is 15.1 Å². The smallest absolute Gasteiger partial charge is 0.328 e. The lowest BCUT2D eigenvalue weighted by atomic mass is 9.83. The number of hydrogen-bond donors (Lipinski definition) is 2. The molecule has 1 saturated carbocycles. The summed E-state index contributed by atoms with van der Waals surface area (Å²) in [4.78, 5) is 39.3. The first-order valence-electron chi connectivity index (χ1n) is 12.8. The zero-order chi connectivity index (χ0) is 27.9. The molecular weight excluding hydrogens is 559 g/mol. The lowest BCUT2D eigenvalue weighted by molar-refractivity contribution is -0.144. The van der Waals surface area contributed by atoms with Crippen LogP contribution in [0.2, 0.25) is 15.1 Å². The van der Waals surface area contributed by atoms with Gasteiger partial charge in [0.05, 0.1) is 24.8 Å². The summed E-state index contributed by atoms with van der Waals surface area (Å²) in [5.74, 6) is -1.38. The minimum Gasteiger partial charge on any atom is -0.467 e. The van der Waals surface area contributed by atoms with Gasteiger partial charge in [-0.2, -0.15) is 0 Å². The van der Waals surface area contributed by atoms with Crippen molar-refractivity contribution in [1.82, 2.24) is 5.32 Å². The Bertz CT molecular complexity index is 1330. The van der Waals surface area contributed by atoms with Gasteiger partial charge in [-0.25, -0.2) is 4.79 Å². The number of carbonyl (C=O) groups excluding carboxylic acids is 3. The third-order valence-electron chi connectivity index (χ3n) is 6.95. The van der Waals surface area contributed by atoms with E-state index < -0.39 is 23.8 Å². The molecule has 1 aliphatic rings. The Morgan fingerprint density at radius 2 is 1.56 bits per heavy atom. The summed E-state index contributed by atoms with van der Waals surface area (Å²) in [6.45, 7) is 0. The van der Waals surface area contributed by atoms with Crippen LogP contribution >= 0.6 is 34.8 Å². The number of halogens is 3. The number of rotatable bonds is 8. The summed E-state index contributed by atoms with van der Waals surface area (Å²) >= 11 is 18.6. The molecule has 2 N–H and O–H groups in total. The molecule has 3 aromatic carbocycles. The van der Waals surface area contributed by atoms with Gasteiger partial charge in [0.15, 0.2) is 0 Å². The third kappa shape index (κ3) is 7.33. The van der Waals surface area contributed by atoms with Crippen LogP contribution < -0.4 is 10.6 Å². The molecule has 39 heavy (non-hydrogen) atoms. The van der Waals surface area contributed by atoms with Crippen LogP contribution in [-0.4, -0.2) is 30.9 Å². The van der Waals surface area contributed by atoms with Crippen LogP contribution in [0.3, 0.4) is 0 Å². The summed E-state index contributed by atoms with van der Waals surface area (Å²) in [5, 5.41) is 6.63. The van der Waals surface area contributed by atoms with Crippen molar-refractivity contribution in [3.8, 4) is 11.1 Å². The minimum atomic E-state index is -0.771. The Balaban J connectivity index is 1.64. The first-order valence-corrected chi connectivity index (χ1v) is 13.9. The molecule has 0 spiro atoms. The van der Waals surface area contributed by atoms with Gasteiger partial charge in [0.2, 0.25) is 5.91 Å². The molecule has 4 rings (SSSR count). The zero-order valence-corrected chi connectivity index (χ0v) is 23.7. The topological polar surface area (TPSA) is 84.5 Å². The highest BCUT2D eigenvalue weighted by atomic mass is 35.5.